The zero-order valence-corrected chi connectivity index (χ0v) is 14.2. The number of hydrogen-bond acceptors (Lipinski definition) is 5. The van der Waals surface area contributed by atoms with Gasteiger partial charge in [-0.15, -0.1) is 0 Å². The zero-order chi connectivity index (χ0) is 17.4. The van der Waals surface area contributed by atoms with E-state index in [1.807, 2.05) is 0 Å². The first-order valence-electron chi connectivity index (χ1n) is 8.39. The van der Waals surface area contributed by atoms with Crippen LogP contribution in [0.2, 0.25) is 0 Å². The van der Waals surface area contributed by atoms with Gasteiger partial charge in [-0.25, -0.2) is 0 Å². The molecule has 134 valence electrons. The summed E-state index contributed by atoms with van der Waals surface area (Å²) in [4.78, 5) is 12.2. The van der Waals surface area contributed by atoms with Gasteiger partial charge in [0.1, 0.15) is 5.75 Å². The van der Waals surface area contributed by atoms with Crippen molar-refractivity contribution in [3.63, 3.8) is 0 Å². The van der Waals surface area contributed by atoms with E-state index in [1.165, 1.54) is 0 Å². The molecule has 3 N–H and O–H groups in total. The SMILES string of the molecule is COCOc1ccc(C(=O)NC[C@]2(O)CC[C@H](CCO)CC2)cc1. The normalized spacial score (nSPS) is 23.7. The molecule has 1 aromatic rings. The number of ether oxygens (including phenoxy) is 2. The molecule has 24 heavy (non-hydrogen) atoms. The third-order valence-electron chi connectivity index (χ3n) is 4.61. The van der Waals surface area contributed by atoms with Crippen LogP contribution in [0.3, 0.4) is 0 Å². The highest BCUT2D eigenvalue weighted by Crippen LogP contribution is 2.33. The molecule has 1 aliphatic rings. The summed E-state index contributed by atoms with van der Waals surface area (Å²) in [5.41, 5.74) is -0.319. The van der Waals surface area contributed by atoms with Crippen molar-refractivity contribution in [3.8, 4) is 5.75 Å². The summed E-state index contributed by atoms with van der Waals surface area (Å²) >= 11 is 0. The van der Waals surface area contributed by atoms with Crippen molar-refractivity contribution in [2.45, 2.75) is 37.7 Å². The lowest BCUT2D eigenvalue weighted by Crippen LogP contribution is -2.45. The Balaban J connectivity index is 1.80. The standard InChI is InChI=1S/C18H27NO5/c1-23-13-24-16-4-2-15(3-5-16)17(21)19-12-18(22)9-6-14(7-10-18)8-11-20/h2-5,14,20,22H,6-13H2,1H3,(H,19,21)/t14-,18-. The molecule has 0 radical (unpaired) electrons. The molecule has 0 atom stereocenters. The Bertz CT molecular complexity index is 509. The van der Waals surface area contributed by atoms with Crippen LogP contribution in [0.5, 0.6) is 5.75 Å². The summed E-state index contributed by atoms with van der Waals surface area (Å²) in [6, 6.07) is 6.79. The number of carbonyl (C=O) groups excluding carboxylic acids is 1. The molecule has 0 heterocycles. The van der Waals surface area contributed by atoms with Crippen molar-refractivity contribution < 1.29 is 24.5 Å². The van der Waals surface area contributed by atoms with Gasteiger partial charge in [-0.3, -0.25) is 4.79 Å². The average Bonchev–Trinajstić information content (AvgIpc) is 2.61. The molecule has 1 saturated carbocycles. The minimum absolute atomic E-state index is 0.163. The van der Waals surface area contributed by atoms with E-state index in [1.54, 1.807) is 31.4 Å². The van der Waals surface area contributed by atoms with E-state index in [9.17, 15) is 9.90 Å². The summed E-state index contributed by atoms with van der Waals surface area (Å²) in [7, 11) is 1.55. The van der Waals surface area contributed by atoms with Crippen molar-refractivity contribution in [2.24, 2.45) is 5.92 Å². The molecule has 0 saturated heterocycles. The van der Waals surface area contributed by atoms with Crippen LogP contribution in [0.15, 0.2) is 24.3 Å². The zero-order valence-electron chi connectivity index (χ0n) is 14.2. The Labute approximate surface area is 142 Å². The van der Waals surface area contributed by atoms with E-state index in [2.05, 4.69) is 5.32 Å². The number of methoxy groups -OCH3 is 1. The first kappa shape index (κ1) is 18.7. The number of benzene rings is 1. The van der Waals surface area contributed by atoms with E-state index in [0.29, 0.717) is 30.1 Å². The number of hydrogen-bond donors (Lipinski definition) is 3. The fourth-order valence-electron chi connectivity index (χ4n) is 3.04. The maximum absolute atomic E-state index is 12.2. The number of nitrogens with one attached hydrogen (secondary N) is 1. The third-order valence-corrected chi connectivity index (χ3v) is 4.61. The number of aliphatic hydroxyl groups is 2. The second kappa shape index (κ2) is 9.01. The van der Waals surface area contributed by atoms with Crippen LogP contribution >= 0.6 is 0 Å². The Kier molecular flexibility index (Phi) is 7.02. The van der Waals surface area contributed by atoms with Gasteiger partial charge >= 0.3 is 0 Å². The molecule has 1 amide bonds. The molecule has 1 aromatic carbocycles. The van der Waals surface area contributed by atoms with Gasteiger partial charge in [0.2, 0.25) is 0 Å². The molecule has 0 unspecified atom stereocenters. The van der Waals surface area contributed by atoms with Crippen LogP contribution in [0.4, 0.5) is 0 Å². The third kappa shape index (κ3) is 5.47. The molecular weight excluding hydrogens is 310 g/mol. The molecular formula is C18H27NO5. The Morgan fingerprint density at radius 1 is 1.29 bits per heavy atom. The molecule has 0 spiro atoms. The Morgan fingerprint density at radius 2 is 1.96 bits per heavy atom. The lowest BCUT2D eigenvalue weighted by molar-refractivity contribution is -0.0102. The summed E-state index contributed by atoms with van der Waals surface area (Å²) in [6.45, 7) is 0.610. The van der Waals surface area contributed by atoms with Crippen LogP contribution in [0.1, 0.15) is 42.5 Å². The Morgan fingerprint density at radius 3 is 2.54 bits per heavy atom. The number of carbonyl (C=O) groups is 1. The minimum atomic E-state index is -0.844. The van der Waals surface area contributed by atoms with E-state index in [4.69, 9.17) is 14.6 Å². The maximum atomic E-state index is 12.2. The van der Waals surface area contributed by atoms with E-state index in [0.717, 1.165) is 19.3 Å². The van der Waals surface area contributed by atoms with Gasteiger partial charge in [0, 0.05) is 25.8 Å². The molecule has 1 aliphatic carbocycles. The fraction of sp³-hybridized carbons (Fsp3) is 0.611. The average molecular weight is 337 g/mol. The predicted octanol–water partition coefficient (Wildman–Crippen LogP) is 1.70. The first-order chi connectivity index (χ1) is 11.6. The second-order valence-corrected chi connectivity index (χ2v) is 6.44. The van der Waals surface area contributed by atoms with Crippen molar-refractivity contribution in [3.05, 3.63) is 29.8 Å². The Hall–Kier alpha value is -1.63. The van der Waals surface area contributed by atoms with Crippen LogP contribution in [-0.4, -0.2) is 48.8 Å². The van der Waals surface area contributed by atoms with Crippen molar-refractivity contribution >= 4 is 5.91 Å². The highest BCUT2D eigenvalue weighted by molar-refractivity contribution is 5.94. The molecule has 6 nitrogen and oxygen atoms in total. The molecule has 0 bridgehead atoms. The monoisotopic (exact) mass is 337 g/mol. The largest absolute Gasteiger partial charge is 0.468 e. The molecule has 1 fully saturated rings. The summed E-state index contributed by atoms with van der Waals surface area (Å²) in [5.74, 6) is 0.902. The number of amides is 1. The summed E-state index contributed by atoms with van der Waals surface area (Å²) < 4.78 is 10.1. The van der Waals surface area contributed by atoms with E-state index < -0.39 is 5.60 Å². The molecule has 2 rings (SSSR count). The van der Waals surface area contributed by atoms with Gasteiger partial charge < -0.3 is 25.0 Å². The maximum Gasteiger partial charge on any atom is 0.251 e. The first-order valence-corrected chi connectivity index (χ1v) is 8.39. The van der Waals surface area contributed by atoms with Gasteiger partial charge in [-0.2, -0.15) is 0 Å². The predicted molar refractivity (Wildman–Crippen MR) is 89.9 cm³/mol. The highest BCUT2D eigenvalue weighted by Gasteiger charge is 2.33. The van der Waals surface area contributed by atoms with Gasteiger partial charge in [-0.05, 0) is 62.3 Å². The van der Waals surface area contributed by atoms with Crippen molar-refractivity contribution in [2.75, 3.05) is 27.1 Å². The molecule has 0 aromatic heterocycles. The number of aliphatic hydroxyl groups excluding tert-OH is 1. The van der Waals surface area contributed by atoms with Gasteiger partial charge in [0.15, 0.2) is 6.79 Å². The van der Waals surface area contributed by atoms with Crippen LogP contribution in [0, 0.1) is 5.92 Å². The van der Waals surface area contributed by atoms with Crippen LogP contribution < -0.4 is 10.1 Å². The van der Waals surface area contributed by atoms with Crippen LogP contribution in [0.25, 0.3) is 0 Å². The van der Waals surface area contributed by atoms with E-state index >= 15 is 0 Å². The summed E-state index contributed by atoms with van der Waals surface area (Å²) in [6.07, 6.45) is 3.88. The topological polar surface area (TPSA) is 88.0 Å². The molecule has 6 heteroatoms. The second-order valence-electron chi connectivity index (χ2n) is 6.44. The van der Waals surface area contributed by atoms with E-state index in [-0.39, 0.29) is 25.9 Å². The van der Waals surface area contributed by atoms with Gasteiger partial charge in [0.05, 0.1) is 5.60 Å². The van der Waals surface area contributed by atoms with Crippen LogP contribution in [-0.2, 0) is 4.74 Å². The fourth-order valence-corrected chi connectivity index (χ4v) is 3.04. The van der Waals surface area contributed by atoms with Crippen molar-refractivity contribution in [1.29, 1.82) is 0 Å². The lowest BCUT2D eigenvalue weighted by Gasteiger charge is -2.36. The summed E-state index contributed by atoms with van der Waals surface area (Å²) in [5, 5.41) is 22.4. The highest BCUT2D eigenvalue weighted by atomic mass is 16.7. The lowest BCUT2D eigenvalue weighted by atomic mass is 9.77. The quantitative estimate of drug-likeness (QED) is 0.629. The molecule has 0 aliphatic heterocycles. The van der Waals surface area contributed by atoms with Crippen molar-refractivity contribution in [1.82, 2.24) is 5.32 Å². The number of rotatable bonds is 8. The smallest absolute Gasteiger partial charge is 0.251 e. The van der Waals surface area contributed by atoms with Gasteiger partial charge in [0.25, 0.3) is 5.91 Å². The van der Waals surface area contributed by atoms with Gasteiger partial charge in [-0.1, -0.05) is 0 Å². The minimum Gasteiger partial charge on any atom is -0.468 e.